The second-order valence-electron chi connectivity index (χ2n) is 9.84. The standard InChI is InChI=1S/C25H34N2O5/c1-16(2)20(26-24(30)31-15-17-10-7-6-8-11-17)22(28)27-14-18-12-9-13-19(18)21(27)23(29)32-25(3,4)5/h6-8,10-12,16,19-21H,9,13-15H2,1-5H3,(H,26,30)/t19-,20-,21-/m0/s1. The van der Waals surface area contributed by atoms with Gasteiger partial charge in [0.25, 0.3) is 0 Å². The van der Waals surface area contributed by atoms with Gasteiger partial charge in [-0.3, -0.25) is 4.79 Å². The first-order valence-corrected chi connectivity index (χ1v) is 11.3. The largest absolute Gasteiger partial charge is 0.458 e. The number of nitrogens with zero attached hydrogens (tertiary/aromatic N) is 1. The lowest BCUT2D eigenvalue weighted by Crippen LogP contribution is -2.55. The number of carbonyl (C=O) groups excluding carboxylic acids is 3. The molecule has 174 valence electrons. The first-order valence-electron chi connectivity index (χ1n) is 11.3. The fourth-order valence-corrected chi connectivity index (χ4v) is 4.29. The third-order valence-corrected chi connectivity index (χ3v) is 5.78. The van der Waals surface area contributed by atoms with Crippen LogP contribution in [0, 0.1) is 11.8 Å². The Bertz CT molecular complexity index is 872. The lowest BCUT2D eigenvalue weighted by molar-refractivity contribution is -0.165. The van der Waals surface area contributed by atoms with Gasteiger partial charge in [0.2, 0.25) is 5.91 Å². The Morgan fingerprint density at radius 3 is 2.47 bits per heavy atom. The highest BCUT2D eigenvalue weighted by Crippen LogP contribution is 2.39. The minimum Gasteiger partial charge on any atom is -0.458 e. The smallest absolute Gasteiger partial charge is 0.408 e. The summed E-state index contributed by atoms with van der Waals surface area (Å²) in [5.41, 5.74) is 1.32. The molecule has 0 bridgehead atoms. The van der Waals surface area contributed by atoms with Gasteiger partial charge in [-0.05, 0) is 50.7 Å². The van der Waals surface area contributed by atoms with Crippen LogP contribution in [0.5, 0.6) is 0 Å². The molecular weight excluding hydrogens is 408 g/mol. The molecule has 3 rings (SSSR count). The Morgan fingerprint density at radius 1 is 1.16 bits per heavy atom. The molecule has 1 aliphatic carbocycles. The Kier molecular flexibility index (Phi) is 7.26. The highest BCUT2D eigenvalue weighted by atomic mass is 16.6. The van der Waals surface area contributed by atoms with Crippen molar-refractivity contribution in [3.8, 4) is 0 Å². The summed E-state index contributed by atoms with van der Waals surface area (Å²) in [6.45, 7) is 9.68. The van der Waals surface area contributed by atoms with E-state index in [9.17, 15) is 14.4 Å². The third-order valence-electron chi connectivity index (χ3n) is 5.78. The number of fused-ring (bicyclic) bond motifs is 1. The summed E-state index contributed by atoms with van der Waals surface area (Å²) in [5, 5.41) is 2.71. The molecule has 1 fully saturated rings. The number of likely N-dealkylation sites (tertiary alicyclic amines) is 1. The molecule has 32 heavy (non-hydrogen) atoms. The summed E-state index contributed by atoms with van der Waals surface area (Å²) in [4.78, 5) is 40.6. The van der Waals surface area contributed by atoms with Gasteiger partial charge in [-0.15, -0.1) is 0 Å². The molecule has 1 saturated heterocycles. The molecule has 0 spiro atoms. The monoisotopic (exact) mass is 442 g/mol. The van der Waals surface area contributed by atoms with Gasteiger partial charge >= 0.3 is 12.1 Å². The van der Waals surface area contributed by atoms with Crippen LogP contribution < -0.4 is 5.32 Å². The van der Waals surface area contributed by atoms with Crippen molar-refractivity contribution in [3.05, 3.63) is 47.5 Å². The van der Waals surface area contributed by atoms with E-state index in [1.807, 2.05) is 65.0 Å². The Balaban J connectivity index is 1.72. The quantitative estimate of drug-likeness (QED) is 0.535. The van der Waals surface area contributed by atoms with Crippen LogP contribution in [0.25, 0.3) is 0 Å². The number of allylic oxidation sites excluding steroid dienone is 1. The van der Waals surface area contributed by atoms with Gasteiger partial charge in [0, 0.05) is 12.5 Å². The lowest BCUT2D eigenvalue weighted by Gasteiger charge is -2.32. The molecule has 1 heterocycles. The van der Waals surface area contributed by atoms with Crippen molar-refractivity contribution in [1.29, 1.82) is 0 Å². The van der Waals surface area contributed by atoms with Crippen molar-refractivity contribution in [2.75, 3.05) is 6.54 Å². The van der Waals surface area contributed by atoms with Crippen LogP contribution in [-0.2, 0) is 25.7 Å². The first-order chi connectivity index (χ1) is 15.1. The van der Waals surface area contributed by atoms with Gasteiger partial charge in [0.15, 0.2) is 0 Å². The zero-order chi connectivity index (χ0) is 23.5. The Hall–Kier alpha value is -2.83. The number of alkyl carbamates (subject to hydrolysis) is 1. The van der Waals surface area contributed by atoms with E-state index in [4.69, 9.17) is 9.47 Å². The minimum atomic E-state index is -0.803. The highest BCUT2D eigenvalue weighted by Gasteiger charge is 2.49. The lowest BCUT2D eigenvalue weighted by atomic mass is 9.96. The summed E-state index contributed by atoms with van der Waals surface area (Å²) in [5.74, 6) is -0.884. The molecule has 7 nitrogen and oxygen atoms in total. The van der Waals surface area contributed by atoms with Crippen molar-refractivity contribution in [2.24, 2.45) is 11.8 Å². The maximum atomic E-state index is 13.5. The van der Waals surface area contributed by atoms with Crippen LogP contribution >= 0.6 is 0 Å². The molecule has 2 aliphatic rings. The van der Waals surface area contributed by atoms with E-state index in [0.29, 0.717) is 6.54 Å². The van der Waals surface area contributed by atoms with Crippen LogP contribution in [0.15, 0.2) is 42.0 Å². The number of nitrogens with one attached hydrogen (secondary N) is 1. The number of amides is 2. The highest BCUT2D eigenvalue weighted by molar-refractivity contribution is 5.91. The molecule has 3 atom stereocenters. The van der Waals surface area contributed by atoms with Crippen molar-refractivity contribution in [1.82, 2.24) is 10.2 Å². The van der Waals surface area contributed by atoms with E-state index in [1.54, 1.807) is 4.90 Å². The molecule has 0 unspecified atom stereocenters. The topological polar surface area (TPSA) is 84.9 Å². The number of rotatable bonds is 6. The minimum absolute atomic E-state index is 0.0216. The first kappa shape index (κ1) is 23.8. The van der Waals surface area contributed by atoms with Crippen molar-refractivity contribution in [3.63, 3.8) is 0 Å². The molecule has 0 aromatic heterocycles. The Morgan fingerprint density at radius 2 is 1.84 bits per heavy atom. The van der Waals surface area contributed by atoms with E-state index >= 15 is 0 Å². The molecule has 1 aromatic carbocycles. The summed E-state index contributed by atoms with van der Waals surface area (Å²) in [6.07, 6.45) is 3.18. The van der Waals surface area contributed by atoms with Crippen LogP contribution in [0.1, 0.15) is 53.0 Å². The van der Waals surface area contributed by atoms with Crippen LogP contribution in [0.3, 0.4) is 0 Å². The van der Waals surface area contributed by atoms with Gasteiger partial charge in [0.05, 0.1) is 0 Å². The number of carbonyl (C=O) groups is 3. The van der Waals surface area contributed by atoms with Crippen molar-refractivity contribution in [2.45, 2.75) is 71.8 Å². The van der Waals surface area contributed by atoms with Gasteiger partial charge in [0.1, 0.15) is 24.3 Å². The SMILES string of the molecule is CC(C)[C@H](NC(=O)OCc1ccccc1)C(=O)N1CC2=CCC[C@@H]2[C@H]1C(=O)OC(C)(C)C. The summed E-state index contributed by atoms with van der Waals surface area (Å²) in [7, 11) is 0. The van der Waals surface area contributed by atoms with Gasteiger partial charge in [-0.25, -0.2) is 9.59 Å². The molecule has 0 radical (unpaired) electrons. The summed E-state index contributed by atoms with van der Waals surface area (Å²) in [6, 6.07) is 7.88. The van der Waals surface area contributed by atoms with Crippen LogP contribution in [0.2, 0.25) is 0 Å². The number of esters is 1. The molecular formula is C25H34N2O5. The van der Waals surface area contributed by atoms with E-state index < -0.39 is 29.7 Å². The summed E-state index contributed by atoms with van der Waals surface area (Å²) >= 11 is 0. The van der Waals surface area contributed by atoms with Gasteiger partial charge in [-0.2, -0.15) is 0 Å². The zero-order valence-corrected chi connectivity index (χ0v) is 19.6. The van der Waals surface area contributed by atoms with Crippen LogP contribution in [0.4, 0.5) is 4.79 Å². The van der Waals surface area contributed by atoms with E-state index in [0.717, 1.165) is 24.0 Å². The average Bonchev–Trinajstić information content (AvgIpc) is 3.30. The predicted octanol–water partition coefficient (Wildman–Crippen LogP) is 3.83. The van der Waals surface area contributed by atoms with Gasteiger partial charge < -0.3 is 19.7 Å². The van der Waals surface area contributed by atoms with E-state index in [-0.39, 0.29) is 24.3 Å². The molecule has 2 amide bonds. The maximum Gasteiger partial charge on any atom is 0.408 e. The Labute approximate surface area is 190 Å². The number of benzene rings is 1. The maximum absolute atomic E-state index is 13.5. The fourth-order valence-electron chi connectivity index (χ4n) is 4.29. The van der Waals surface area contributed by atoms with Gasteiger partial charge in [-0.1, -0.05) is 50.3 Å². The molecule has 1 aliphatic heterocycles. The van der Waals surface area contributed by atoms with Crippen molar-refractivity contribution < 1.29 is 23.9 Å². The number of hydrogen-bond donors (Lipinski definition) is 1. The fraction of sp³-hybridized carbons (Fsp3) is 0.560. The third kappa shape index (κ3) is 5.69. The molecule has 7 heteroatoms. The normalized spacial score (nSPS) is 21.1. The second-order valence-corrected chi connectivity index (χ2v) is 9.84. The zero-order valence-electron chi connectivity index (χ0n) is 19.6. The van der Waals surface area contributed by atoms with E-state index in [2.05, 4.69) is 11.4 Å². The van der Waals surface area contributed by atoms with E-state index in [1.165, 1.54) is 0 Å². The molecule has 0 saturated carbocycles. The molecule has 1 N–H and O–H groups in total. The summed E-state index contributed by atoms with van der Waals surface area (Å²) < 4.78 is 11.0. The van der Waals surface area contributed by atoms with Crippen molar-refractivity contribution >= 4 is 18.0 Å². The van der Waals surface area contributed by atoms with Crippen LogP contribution in [-0.4, -0.2) is 47.1 Å². The number of hydrogen-bond acceptors (Lipinski definition) is 5. The predicted molar refractivity (Wildman–Crippen MR) is 121 cm³/mol. The number of ether oxygens (including phenoxy) is 2. The average molecular weight is 443 g/mol. The second kappa shape index (κ2) is 9.76. The molecule has 1 aromatic rings.